The Morgan fingerprint density at radius 1 is 1.25 bits per heavy atom. The number of rotatable bonds is 5. The normalized spacial score (nSPS) is 42.3. The van der Waals surface area contributed by atoms with Crippen molar-refractivity contribution < 1.29 is 38.2 Å². The SMILES string of the molecule is C[C@]12C=CC(=O)CC1=C(F)C[C@H]1[C@@H]3C[C@H]4CN(Cc5ccc(Cl)cc5)O[C@@]4(C(=O)OCCO)[C@@]3(C)C[C@H](O)[C@@]12F. The van der Waals surface area contributed by atoms with Crippen molar-refractivity contribution in [2.45, 2.75) is 63.4 Å². The minimum Gasteiger partial charge on any atom is -0.461 e. The molecular weight excluding hydrogens is 544 g/mol. The first-order valence-corrected chi connectivity index (χ1v) is 14.2. The predicted octanol–water partition coefficient (Wildman–Crippen LogP) is 4.26. The summed E-state index contributed by atoms with van der Waals surface area (Å²) in [7, 11) is 0. The highest BCUT2D eigenvalue weighted by Gasteiger charge is 2.80. The molecule has 5 aliphatic rings. The second-order valence-electron chi connectivity index (χ2n) is 12.5. The molecule has 3 fully saturated rings. The Bertz CT molecular complexity index is 1300. The van der Waals surface area contributed by atoms with Gasteiger partial charge in [0.15, 0.2) is 17.1 Å². The molecule has 7 nitrogen and oxygen atoms in total. The molecule has 0 aromatic heterocycles. The summed E-state index contributed by atoms with van der Waals surface area (Å²) in [4.78, 5) is 32.5. The first-order valence-electron chi connectivity index (χ1n) is 13.8. The molecular formula is C30H34ClF2NO6. The third-order valence-corrected chi connectivity index (χ3v) is 10.9. The average Bonchev–Trinajstić information content (AvgIpc) is 3.39. The van der Waals surface area contributed by atoms with Crippen LogP contribution in [0, 0.1) is 28.6 Å². The average molecular weight is 578 g/mol. The van der Waals surface area contributed by atoms with Crippen LogP contribution in [0.2, 0.25) is 5.02 Å². The summed E-state index contributed by atoms with van der Waals surface area (Å²) >= 11 is 6.03. The van der Waals surface area contributed by atoms with E-state index in [1.54, 1.807) is 24.1 Å². The molecule has 0 radical (unpaired) electrons. The number of halogens is 3. The van der Waals surface area contributed by atoms with Gasteiger partial charge in [-0.2, -0.15) is 5.06 Å². The molecule has 1 heterocycles. The number of aliphatic hydroxyl groups excluding tert-OH is 2. The molecule has 6 rings (SSSR count). The fourth-order valence-corrected chi connectivity index (χ4v) is 8.90. The van der Waals surface area contributed by atoms with E-state index in [0.29, 0.717) is 24.5 Å². The minimum atomic E-state index is -2.24. The van der Waals surface area contributed by atoms with Crippen LogP contribution in [0.5, 0.6) is 0 Å². The number of nitrogens with zero attached hydrogens (tertiary/aromatic N) is 1. The molecule has 8 atom stereocenters. The van der Waals surface area contributed by atoms with E-state index in [4.69, 9.17) is 21.2 Å². The molecule has 1 aromatic rings. The van der Waals surface area contributed by atoms with Gasteiger partial charge in [-0.1, -0.05) is 36.7 Å². The van der Waals surface area contributed by atoms with Crippen molar-refractivity contribution in [2.75, 3.05) is 19.8 Å². The van der Waals surface area contributed by atoms with Crippen molar-refractivity contribution in [2.24, 2.45) is 28.6 Å². The molecule has 1 saturated heterocycles. The molecule has 216 valence electrons. The number of alkyl halides is 1. The van der Waals surface area contributed by atoms with Gasteiger partial charge in [-0.3, -0.25) is 9.63 Å². The third kappa shape index (κ3) is 3.60. The lowest BCUT2D eigenvalue weighted by Crippen LogP contribution is -2.69. The van der Waals surface area contributed by atoms with E-state index in [0.717, 1.165) is 5.56 Å². The topological polar surface area (TPSA) is 96.3 Å². The molecule has 0 amide bonds. The highest BCUT2D eigenvalue weighted by molar-refractivity contribution is 6.30. The zero-order chi connectivity index (χ0) is 28.7. The van der Waals surface area contributed by atoms with Gasteiger partial charge in [0, 0.05) is 53.6 Å². The highest BCUT2D eigenvalue weighted by Crippen LogP contribution is 2.72. The van der Waals surface area contributed by atoms with E-state index in [2.05, 4.69) is 0 Å². The second kappa shape index (κ2) is 9.42. The smallest absolute Gasteiger partial charge is 0.341 e. The molecule has 2 N–H and O–H groups in total. The fourth-order valence-electron chi connectivity index (χ4n) is 8.77. The number of benzene rings is 1. The first kappa shape index (κ1) is 28.0. The van der Waals surface area contributed by atoms with Crippen LogP contribution in [0.25, 0.3) is 0 Å². The Kier molecular flexibility index (Phi) is 6.59. The number of aliphatic hydroxyl groups is 2. The van der Waals surface area contributed by atoms with Crippen LogP contribution in [0.15, 0.2) is 47.8 Å². The summed E-state index contributed by atoms with van der Waals surface area (Å²) < 4.78 is 38.7. The lowest BCUT2D eigenvalue weighted by molar-refractivity contribution is -0.275. The summed E-state index contributed by atoms with van der Waals surface area (Å²) in [6.45, 7) is 3.48. The molecule has 1 aromatic carbocycles. The number of carbonyl (C=O) groups is 2. The molecule has 4 aliphatic carbocycles. The Morgan fingerprint density at radius 2 is 1.98 bits per heavy atom. The number of ketones is 1. The minimum absolute atomic E-state index is 0.0991. The van der Waals surface area contributed by atoms with E-state index in [9.17, 15) is 19.8 Å². The third-order valence-electron chi connectivity index (χ3n) is 10.6. The Labute approximate surface area is 236 Å². The Morgan fingerprint density at radius 3 is 2.67 bits per heavy atom. The number of fused-ring (bicyclic) bond motifs is 7. The van der Waals surface area contributed by atoms with Gasteiger partial charge in [-0.25, -0.2) is 13.6 Å². The Hall–Kier alpha value is -2.17. The number of ether oxygens (including phenoxy) is 1. The number of allylic oxidation sites excluding steroid dienone is 4. The largest absolute Gasteiger partial charge is 0.461 e. The van der Waals surface area contributed by atoms with Crippen LogP contribution in [0.4, 0.5) is 8.78 Å². The van der Waals surface area contributed by atoms with E-state index in [-0.39, 0.29) is 43.8 Å². The van der Waals surface area contributed by atoms with Gasteiger partial charge in [-0.05, 0) is 55.0 Å². The van der Waals surface area contributed by atoms with Crippen molar-refractivity contribution in [3.8, 4) is 0 Å². The summed E-state index contributed by atoms with van der Waals surface area (Å²) in [6, 6.07) is 7.26. The number of esters is 1. The fraction of sp³-hybridized carbons (Fsp3) is 0.600. The van der Waals surface area contributed by atoms with E-state index >= 15 is 8.78 Å². The van der Waals surface area contributed by atoms with Gasteiger partial charge in [-0.15, -0.1) is 0 Å². The van der Waals surface area contributed by atoms with Crippen LogP contribution in [-0.2, 0) is 25.7 Å². The van der Waals surface area contributed by atoms with Gasteiger partial charge < -0.3 is 14.9 Å². The Balaban J connectivity index is 1.40. The van der Waals surface area contributed by atoms with Crippen molar-refractivity contribution in [1.29, 1.82) is 0 Å². The number of hydrogen-bond donors (Lipinski definition) is 2. The molecule has 40 heavy (non-hydrogen) atoms. The lowest BCUT2D eigenvalue weighted by atomic mass is 9.45. The van der Waals surface area contributed by atoms with Crippen LogP contribution in [0.1, 0.15) is 45.1 Å². The summed E-state index contributed by atoms with van der Waals surface area (Å²) in [5.41, 5.74) is -5.37. The first-order chi connectivity index (χ1) is 18.9. The van der Waals surface area contributed by atoms with E-state index in [1.165, 1.54) is 12.2 Å². The van der Waals surface area contributed by atoms with E-state index < -0.39 is 57.8 Å². The standard InChI is InChI=1S/C30H34ClF2NO6/c1-27-8-7-20(36)12-23(27)24(32)13-22-21-11-18-16-34(15-17-3-5-19(31)6-4-17)40-30(18,26(38)39-10-9-35)28(21,2)14-25(37)29(22,27)33/h3-8,18,21-22,25,35,37H,9-16H2,1-2H3/t18-,21-,22-,25-,27-,28-,29-,30-/m0/s1. The van der Waals surface area contributed by atoms with Gasteiger partial charge in [0.2, 0.25) is 0 Å². The summed E-state index contributed by atoms with van der Waals surface area (Å²) in [5, 5.41) is 23.3. The highest BCUT2D eigenvalue weighted by atomic mass is 35.5. The van der Waals surface area contributed by atoms with Crippen LogP contribution in [-0.4, -0.2) is 64.2 Å². The molecule has 10 heteroatoms. The predicted molar refractivity (Wildman–Crippen MR) is 141 cm³/mol. The van der Waals surface area contributed by atoms with Gasteiger partial charge in [0.05, 0.1) is 12.7 Å². The number of hydrogen-bond acceptors (Lipinski definition) is 7. The summed E-state index contributed by atoms with van der Waals surface area (Å²) in [6.07, 6.45) is 0.924. The van der Waals surface area contributed by atoms with Gasteiger partial charge >= 0.3 is 5.97 Å². The van der Waals surface area contributed by atoms with Crippen LogP contribution in [0.3, 0.4) is 0 Å². The monoisotopic (exact) mass is 577 g/mol. The van der Waals surface area contributed by atoms with Crippen molar-refractivity contribution >= 4 is 23.4 Å². The molecule has 0 bridgehead atoms. The zero-order valence-electron chi connectivity index (χ0n) is 22.5. The molecule has 0 unspecified atom stereocenters. The number of hydroxylamine groups is 2. The van der Waals surface area contributed by atoms with Crippen molar-refractivity contribution in [3.63, 3.8) is 0 Å². The lowest BCUT2D eigenvalue weighted by Gasteiger charge is -2.62. The second-order valence-corrected chi connectivity index (χ2v) is 12.9. The maximum Gasteiger partial charge on any atom is 0.341 e. The van der Waals surface area contributed by atoms with Crippen LogP contribution >= 0.6 is 11.6 Å². The van der Waals surface area contributed by atoms with Crippen molar-refractivity contribution in [1.82, 2.24) is 5.06 Å². The molecule has 0 spiro atoms. The quantitative estimate of drug-likeness (QED) is 0.505. The van der Waals surface area contributed by atoms with E-state index in [1.807, 2.05) is 19.1 Å². The maximum atomic E-state index is 17.5. The van der Waals surface area contributed by atoms with Crippen LogP contribution < -0.4 is 0 Å². The van der Waals surface area contributed by atoms with Crippen molar-refractivity contribution in [3.05, 3.63) is 58.4 Å². The zero-order valence-corrected chi connectivity index (χ0v) is 23.3. The number of carbonyl (C=O) groups excluding carboxylic acids is 2. The summed E-state index contributed by atoms with van der Waals surface area (Å²) in [5.74, 6) is -3.37. The maximum absolute atomic E-state index is 17.5. The molecule has 2 saturated carbocycles. The van der Waals surface area contributed by atoms with Gasteiger partial charge in [0.1, 0.15) is 12.4 Å². The van der Waals surface area contributed by atoms with Gasteiger partial charge in [0.25, 0.3) is 0 Å². The molecule has 1 aliphatic heterocycles.